The van der Waals surface area contributed by atoms with Crippen molar-refractivity contribution in [3.05, 3.63) is 33.1 Å². The van der Waals surface area contributed by atoms with Crippen molar-refractivity contribution in [3.63, 3.8) is 0 Å². The molecule has 2 rings (SSSR count). The van der Waals surface area contributed by atoms with Crippen molar-refractivity contribution < 1.29 is 19.3 Å². The van der Waals surface area contributed by atoms with E-state index in [2.05, 4.69) is 0 Å². The molecule has 8 heteroatoms. The Morgan fingerprint density at radius 1 is 1.50 bits per heavy atom. The number of alkyl halides is 1. The van der Waals surface area contributed by atoms with Crippen LogP contribution >= 0.6 is 0 Å². The average Bonchev–Trinajstić information content (AvgIpc) is 2.66. The molecule has 0 bridgehead atoms. The first-order chi connectivity index (χ1) is 8.58. The number of nitrogens with one attached hydrogen (secondary N) is 1. The minimum absolute atomic E-state index is 0.458. The molecule has 18 heavy (non-hydrogen) atoms. The van der Waals surface area contributed by atoms with Crippen LogP contribution in [0.25, 0.3) is 0 Å². The smallest absolute Gasteiger partial charge is 0.330 e. The Bertz CT molecular complexity index is 527. The van der Waals surface area contributed by atoms with Crippen LogP contribution in [0.3, 0.4) is 0 Å². The van der Waals surface area contributed by atoms with E-state index in [1.165, 1.54) is 0 Å². The van der Waals surface area contributed by atoms with Crippen LogP contribution in [0.15, 0.2) is 21.9 Å². The van der Waals surface area contributed by atoms with Crippen molar-refractivity contribution in [1.29, 1.82) is 0 Å². The van der Waals surface area contributed by atoms with Gasteiger partial charge >= 0.3 is 5.69 Å². The van der Waals surface area contributed by atoms with Gasteiger partial charge in [-0.15, -0.1) is 0 Å². The van der Waals surface area contributed by atoms with Crippen molar-refractivity contribution >= 4 is 0 Å². The monoisotopic (exact) mass is 260 g/mol. The van der Waals surface area contributed by atoms with E-state index < -0.39 is 48.9 Å². The molecule has 0 radical (unpaired) electrons. The lowest BCUT2D eigenvalue weighted by atomic mass is 10.0. The Hall–Kier alpha value is -1.51. The SMILES string of the molecule is O=c1ccn(C2OC(CO)C(CF)C2O)c(=O)[nH]1. The molecule has 100 valence electrons. The molecule has 0 saturated carbocycles. The quantitative estimate of drug-likeness (QED) is 0.605. The highest BCUT2D eigenvalue weighted by Gasteiger charge is 2.44. The number of aliphatic hydroxyl groups excluding tert-OH is 2. The Balaban J connectivity index is 2.34. The van der Waals surface area contributed by atoms with Gasteiger partial charge in [0.2, 0.25) is 0 Å². The van der Waals surface area contributed by atoms with Gasteiger partial charge < -0.3 is 14.9 Å². The molecule has 1 saturated heterocycles. The molecule has 1 aromatic rings. The lowest BCUT2D eigenvalue weighted by Crippen LogP contribution is -2.36. The molecular formula is C10H13FN2O5. The molecule has 4 unspecified atom stereocenters. The van der Waals surface area contributed by atoms with Gasteiger partial charge in [0.15, 0.2) is 6.23 Å². The van der Waals surface area contributed by atoms with Crippen molar-refractivity contribution in [2.24, 2.45) is 5.92 Å². The predicted octanol–water partition coefficient (Wildman–Crippen LogP) is -1.63. The first kappa shape index (κ1) is 12.9. The summed E-state index contributed by atoms with van der Waals surface area (Å²) in [6.45, 7) is -1.33. The summed E-state index contributed by atoms with van der Waals surface area (Å²) in [4.78, 5) is 24.4. The predicted molar refractivity (Wildman–Crippen MR) is 57.8 cm³/mol. The lowest BCUT2D eigenvalue weighted by molar-refractivity contribution is -0.0536. The third-order valence-corrected chi connectivity index (χ3v) is 3.01. The number of rotatable bonds is 3. The van der Waals surface area contributed by atoms with E-state index in [0.717, 1.165) is 16.8 Å². The highest BCUT2D eigenvalue weighted by atomic mass is 19.1. The Morgan fingerprint density at radius 2 is 2.22 bits per heavy atom. The summed E-state index contributed by atoms with van der Waals surface area (Å²) in [6, 6.07) is 1.09. The van der Waals surface area contributed by atoms with E-state index in [9.17, 15) is 19.1 Å². The topological polar surface area (TPSA) is 105 Å². The maximum atomic E-state index is 12.7. The molecule has 0 spiro atoms. The van der Waals surface area contributed by atoms with Crippen LogP contribution in [0.4, 0.5) is 4.39 Å². The summed E-state index contributed by atoms with van der Waals surface area (Å²) in [5.41, 5.74) is -1.34. The summed E-state index contributed by atoms with van der Waals surface area (Å²) < 4.78 is 18.9. The number of aromatic amines is 1. The fourth-order valence-corrected chi connectivity index (χ4v) is 2.02. The van der Waals surface area contributed by atoms with Crippen LogP contribution in [0.2, 0.25) is 0 Å². The zero-order valence-electron chi connectivity index (χ0n) is 9.32. The van der Waals surface area contributed by atoms with Crippen molar-refractivity contribution in [3.8, 4) is 0 Å². The van der Waals surface area contributed by atoms with Gasteiger partial charge in [-0.2, -0.15) is 0 Å². The van der Waals surface area contributed by atoms with Crippen molar-refractivity contribution in [1.82, 2.24) is 9.55 Å². The number of halogens is 1. The maximum absolute atomic E-state index is 12.7. The fourth-order valence-electron chi connectivity index (χ4n) is 2.02. The fraction of sp³-hybridized carbons (Fsp3) is 0.600. The summed E-state index contributed by atoms with van der Waals surface area (Å²) in [5, 5.41) is 18.9. The largest absolute Gasteiger partial charge is 0.394 e. The zero-order valence-corrected chi connectivity index (χ0v) is 9.32. The molecule has 1 aromatic heterocycles. The van der Waals surface area contributed by atoms with Crippen LogP contribution in [-0.4, -0.2) is 45.3 Å². The minimum atomic E-state index is -1.27. The van der Waals surface area contributed by atoms with E-state index in [-0.39, 0.29) is 0 Å². The number of hydrogen-bond donors (Lipinski definition) is 3. The van der Waals surface area contributed by atoms with E-state index in [1.54, 1.807) is 0 Å². The summed E-state index contributed by atoms with van der Waals surface area (Å²) >= 11 is 0. The molecule has 2 heterocycles. The van der Waals surface area contributed by atoms with Gasteiger partial charge in [-0.05, 0) is 0 Å². The van der Waals surface area contributed by atoms with Gasteiger partial charge in [0, 0.05) is 18.2 Å². The summed E-state index contributed by atoms with van der Waals surface area (Å²) in [6.07, 6.45) is -2.11. The highest BCUT2D eigenvalue weighted by molar-refractivity contribution is 4.92. The van der Waals surface area contributed by atoms with Gasteiger partial charge in [0.1, 0.15) is 6.10 Å². The second kappa shape index (κ2) is 5.01. The summed E-state index contributed by atoms with van der Waals surface area (Å²) in [7, 11) is 0. The molecule has 1 aliphatic heterocycles. The van der Waals surface area contributed by atoms with Crippen molar-refractivity contribution in [2.75, 3.05) is 13.3 Å². The molecule has 7 nitrogen and oxygen atoms in total. The number of hydrogen-bond acceptors (Lipinski definition) is 5. The number of aliphatic hydroxyl groups is 2. The van der Waals surface area contributed by atoms with Gasteiger partial charge in [-0.3, -0.25) is 18.7 Å². The van der Waals surface area contributed by atoms with E-state index in [4.69, 9.17) is 9.84 Å². The molecule has 4 atom stereocenters. The molecule has 1 aliphatic rings. The Kier molecular flexibility index (Phi) is 3.60. The third kappa shape index (κ3) is 2.09. The van der Waals surface area contributed by atoms with Crippen LogP contribution in [0, 0.1) is 5.92 Å². The van der Waals surface area contributed by atoms with Gasteiger partial charge in [-0.1, -0.05) is 0 Å². The molecule has 0 aromatic carbocycles. The molecule has 0 amide bonds. The number of aromatic nitrogens is 2. The minimum Gasteiger partial charge on any atom is -0.394 e. The van der Waals surface area contributed by atoms with Gasteiger partial charge in [-0.25, -0.2) is 4.79 Å². The Morgan fingerprint density at radius 3 is 2.72 bits per heavy atom. The van der Waals surface area contributed by atoms with Gasteiger partial charge in [0.25, 0.3) is 5.56 Å². The normalized spacial score (nSPS) is 31.7. The van der Waals surface area contributed by atoms with E-state index in [1.807, 2.05) is 4.98 Å². The Labute approximate surface area is 100 Å². The van der Waals surface area contributed by atoms with Crippen molar-refractivity contribution in [2.45, 2.75) is 18.4 Å². The lowest BCUT2D eigenvalue weighted by Gasteiger charge is -2.17. The van der Waals surface area contributed by atoms with Gasteiger partial charge in [0.05, 0.1) is 19.4 Å². The maximum Gasteiger partial charge on any atom is 0.330 e. The zero-order chi connectivity index (χ0) is 13.3. The van der Waals surface area contributed by atoms with Crippen LogP contribution in [-0.2, 0) is 4.74 Å². The van der Waals surface area contributed by atoms with Crippen LogP contribution < -0.4 is 11.2 Å². The second-order valence-corrected chi connectivity index (χ2v) is 4.07. The van der Waals surface area contributed by atoms with Crippen LogP contribution in [0.5, 0.6) is 0 Å². The molecule has 1 fully saturated rings. The average molecular weight is 260 g/mol. The number of ether oxygens (including phenoxy) is 1. The molecular weight excluding hydrogens is 247 g/mol. The van der Waals surface area contributed by atoms with E-state index >= 15 is 0 Å². The first-order valence-corrected chi connectivity index (χ1v) is 5.40. The molecule has 0 aliphatic carbocycles. The number of H-pyrrole nitrogens is 1. The third-order valence-electron chi connectivity index (χ3n) is 3.01. The van der Waals surface area contributed by atoms with E-state index in [0.29, 0.717) is 0 Å². The van der Waals surface area contributed by atoms with Crippen LogP contribution in [0.1, 0.15) is 6.23 Å². The first-order valence-electron chi connectivity index (χ1n) is 5.40. The standard InChI is InChI=1S/C10H13FN2O5/c11-3-5-6(4-14)18-9(8(5)16)13-2-1-7(15)12-10(13)17/h1-2,5-6,8-9,14,16H,3-4H2,(H,12,15,17). The summed E-state index contributed by atoms with van der Waals surface area (Å²) in [5.74, 6) is -0.904. The highest BCUT2D eigenvalue weighted by Crippen LogP contribution is 2.33. The second-order valence-electron chi connectivity index (χ2n) is 4.07. The molecule has 3 N–H and O–H groups in total. The number of nitrogens with zero attached hydrogens (tertiary/aromatic N) is 1.